The summed E-state index contributed by atoms with van der Waals surface area (Å²) in [5, 5.41) is 3.32. The molecule has 5 nitrogen and oxygen atoms in total. The standard InChI is InChI=1S/C14H21N3O2/c1-2-17(10-11-3-6-15-7-4-11)14(19)12-9-16-8-5-13(12)18/h5,8-9,11,15H,2-4,6-7,10H2,1H3,(H,16,18). The van der Waals surface area contributed by atoms with Gasteiger partial charge >= 0.3 is 0 Å². The van der Waals surface area contributed by atoms with E-state index in [1.807, 2.05) is 6.92 Å². The summed E-state index contributed by atoms with van der Waals surface area (Å²) < 4.78 is 0. The summed E-state index contributed by atoms with van der Waals surface area (Å²) in [6.45, 7) is 5.36. The largest absolute Gasteiger partial charge is 0.367 e. The first kappa shape index (κ1) is 13.8. The molecule has 1 fully saturated rings. The Morgan fingerprint density at radius 3 is 2.79 bits per heavy atom. The molecule has 19 heavy (non-hydrogen) atoms. The average molecular weight is 263 g/mol. The Kier molecular flexibility index (Phi) is 4.74. The van der Waals surface area contributed by atoms with Crippen molar-refractivity contribution in [3.05, 3.63) is 34.2 Å². The molecule has 0 spiro atoms. The summed E-state index contributed by atoms with van der Waals surface area (Å²) in [4.78, 5) is 28.6. The number of aromatic nitrogens is 1. The van der Waals surface area contributed by atoms with Crippen LogP contribution < -0.4 is 10.7 Å². The van der Waals surface area contributed by atoms with Crippen LogP contribution in [0.1, 0.15) is 30.1 Å². The van der Waals surface area contributed by atoms with E-state index in [1.165, 1.54) is 12.3 Å². The molecular formula is C14H21N3O2. The van der Waals surface area contributed by atoms with Crippen molar-refractivity contribution < 1.29 is 4.79 Å². The van der Waals surface area contributed by atoms with Crippen molar-refractivity contribution in [1.82, 2.24) is 15.2 Å². The lowest BCUT2D eigenvalue weighted by Gasteiger charge is -2.29. The second kappa shape index (κ2) is 6.52. The van der Waals surface area contributed by atoms with Crippen LogP contribution in [0.3, 0.4) is 0 Å². The monoisotopic (exact) mass is 263 g/mol. The SMILES string of the molecule is CCN(CC1CCNCC1)C(=O)c1c[nH]ccc1=O. The number of hydrogen-bond donors (Lipinski definition) is 2. The molecular weight excluding hydrogens is 242 g/mol. The van der Waals surface area contributed by atoms with E-state index in [0.717, 1.165) is 32.5 Å². The molecule has 1 aliphatic heterocycles. The van der Waals surface area contributed by atoms with Gasteiger partial charge in [0.15, 0.2) is 5.43 Å². The van der Waals surface area contributed by atoms with E-state index in [2.05, 4.69) is 10.3 Å². The zero-order valence-corrected chi connectivity index (χ0v) is 11.3. The van der Waals surface area contributed by atoms with E-state index >= 15 is 0 Å². The number of amides is 1. The number of rotatable bonds is 4. The van der Waals surface area contributed by atoms with E-state index in [9.17, 15) is 9.59 Å². The van der Waals surface area contributed by atoms with Gasteiger partial charge in [-0.05, 0) is 38.8 Å². The molecule has 2 heterocycles. The fourth-order valence-electron chi connectivity index (χ4n) is 2.49. The molecule has 0 aliphatic carbocycles. The third-order valence-electron chi connectivity index (χ3n) is 3.66. The predicted molar refractivity (Wildman–Crippen MR) is 74.2 cm³/mol. The zero-order valence-electron chi connectivity index (χ0n) is 11.3. The Morgan fingerprint density at radius 1 is 1.42 bits per heavy atom. The van der Waals surface area contributed by atoms with E-state index in [-0.39, 0.29) is 16.9 Å². The lowest BCUT2D eigenvalue weighted by Crippen LogP contribution is -2.40. The molecule has 1 amide bonds. The Morgan fingerprint density at radius 2 is 2.16 bits per heavy atom. The Balaban J connectivity index is 2.06. The maximum atomic E-state index is 12.4. The minimum atomic E-state index is -0.215. The molecule has 0 unspecified atom stereocenters. The summed E-state index contributed by atoms with van der Waals surface area (Å²) >= 11 is 0. The molecule has 1 saturated heterocycles. The van der Waals surface area contributed by atoms with Crippen LogP contribution in [0, 0.1) is 5.92 Å². The van der Waals surface area contributed by atoms with Crippen LogP contribution in [-0.2, 0) is 0 Å². The van der Waals surface area contributed by atoms with Gasteiger partial charge in [-0.25, -0.2) is 0 Å². The summed E-state index contributed by atoms with van der Waals surface area (Å²) in [6.07, 6.45) is 5.22. The zero-order chi connectivity index (χ0) is 13.7. The van der Waals surface area contributed by atoms with Crippen LogP contribution >= 0.6 is 0 Å². The first-order valence-corrected chi connectivity index (χ1v) is 6.89. The fourth-order valence-corrected chi connectivity index (χ4v) is 2.49. The van der Waals surface area contributed by atoms with Gasteiger partial charge in [0.2, 0.25) is 0 Å². The fraction of sp³-hybridized carbons (Fsp3) is 0.571. The summed E-state index contributed by atoms with van der Waals surface area (Å²) in [5.74, 6) is 0.371. The van der Waals surface area contributed by atoms with Crippen LogP contribution in [0.2, 0.25) is 0 Å². The minimum absolute atomic E-state index is 0.164. The third-order valence-corrected chi connectivity index (χ3v) is 3.66. The van der Waals surface area contributed by atoms with Crippen LogP contribution in [-0.4, -0.2) is 42.0 Å². The highest BCUT2D eigenvalue weighted by atomic mass is 16.2. The van der Waals surface area contributed by atoms with Crippen LogP contribution in [0.5, 0.6) is 0 Å². The maximum Gasteiger partial charge on any atom is 0.259 e. The van der Waals surface area contributed by atoms with Crippen molar-refractivity contribution in [3.8, 4) is 0 Å². The van der Waals surface area contributed by atoms with Crippen molar-refractivity contribution in [2.45, 2.75) is 19.8 Å². The second-order valence-electron chi connectivity index (χ2n) is 4.96. The van der Waals surface area contributed by atoms with Gasteiger partial charge in [0, 0.05) is 31.5 Å². The predicted octanol–water partition coefficient (Wildman–Crippen LogP) is 0.837. The maximum absolute atomic E-state index is 12.4. The Hall–Kier alpha value is -1.62. The Labute approximate surface area is 113 Å². The highest BCUT2D eigenvalue weighted by Gasteiger charge is 2.21. The molecule has 2 rings (SSSR count). The number of carbonyl (C=O) groups excluding carboxylic acids is 1. The number of carbonyl (C=O) groups is 1. The van der Waals surface area contributed by atoms with Gasteiger partial charge in [0.25, 0.3) is 5.91 Å². The highest BCUT2D eigenvalue weighted by Crippen LogP contribution is 2.14. The highest BCUT2D eigenvalue weighted by molar-refractivity contribution is 5.93. The van der Waals surface area contributed by atoms with Crippen LogP contribution in [0.4, 0.5) is 0 Å². The molecule has 1 aromatic rings. The lowest BCUT2D eigenvalue weighted by molar-refractivity contribution is 0.0725. The number of piperidine rings is 1. The lowest BCUT2D eigenvalue weighted by atomic mass is 9.97. The molecule has 104 valence electrons. The number of H-pyrrole nitrogens is 1. The molecule has 0 bridgehead atoms. The van der Waals surface area contributed by atoms with Crippen molar-refractivity contribution in [2.75, 3.05) is 26.2 Å². The van der Waals surface area contributed by atoms with Gasteiger partial charge in [-0.2, -0.15) is 0 Å². The number of pyridine rings is 1. The minimum Gasteiger partial charge on any atom is -0.367 e. The van der Waals surface area contributed by atoms with E-state index in [4.69, 9.17) is 0 Å². The number of nitrogens with one attached hydrogen (secondary N) is 2. The average Bonchev–Trinajstić information content (AvgIpc) is 2.46. The van der Waals surface area contributed by atoms with Gasteiger partial charge in [0.1, 0.15) is 5.56 Å². The van der Waals surface area contributed by atoms with Crippen molar-refractivity contribution in [1.29, 1.82) is 0 Å². The van der Waals surface area contributed by atoms with E-state index in [0.29, 0.717) is 12.5 Å². The van der Waals surface area contributed by atoms with Gasteiger partial charge in [-0.3, -0.25) is 9.59 Å². The topological polar surface area (TPSA) is 65.2 Å². The first-order chi connectivity index (χ1) is 9.22. The normalized spacial score (nSPS) is 16.3. The number of nitrogens with zero attached hydrogens (tertiary/aromatic N) is 1. The molecule has 0 saturated carbocycles. The van der Waals surface area contributed by atoms with Gasteiger partial charge in [-0.15, -0.1) is 0 Å². The van der Waals surface area contributed by atoms with Gasteiger partial charge < -0.3 is 15.2 Å². The molecule has 0 atom stereocenters. The second-order valence-corrected chi connectivity index (χ2v) is 4.96. The molecule has 0 radical (unpaired) electrons. The van der Waals surface area contributed by atoms with Crippen molar-refractivity contribution >= 4 is 5.91 Å². The summed E-state index contributed by atoms with van der Waals surface area (Å²) in [6, 6.07) is 1.39. The molecule has 2 N–H and O–H groups in total. The summed E-state index contributed by atoms with van der Waals surface area (Å²) in [7, 11) is 0. The third kappa shape index (κ3) is 3.44. The van der Waals surface area contributed by atoms with Gasteiger partial charge in [-0.1, -0.05) is 0 Å². The molecule has 5 heteroatoms. The smallest absolute Gasteiger partial charge is 0.259 e. The molecule has 1 aromatic heterocycles. The van der Waals surface area contributed by atoms with Gasteiger partial charge in [0.05, 0.1) is 0 Å². The van der Waals surface area contributed by atoms with Crippen molar-refractivity contribution in [3.63, 3.8) is 0 Å². The quantitative estimate of drug-likeness (QED) is 0.846. The van der Waals surface area contributed by atoms with E-state index in [1.54, 1.807) is 11.1 Å². The van der Waals surface area contributed by atoms with Crippen LogP contribution in [0.15, 0.2) is 23.3 Å². The molecule has 0 aromatic carbocycles. The number of aromatic amines is 1. The van der Waals surface area contributed by atoms with Crippen LogP contribution in [0.25, 0.3) is 0 Å². The van der Waals surface area contributed by atoms with E-state index < -0.39 is 0 Å². The Bertz CT molecular complexity index is 478. The number of hydrogen-bond acceptors (Lipinski definition) is 3. The summed E-state index contributed by atoms with van der Waals surface area (Å²) in [5.41, 5.74) is 0.0193. The first-order valence-electron chi connectivity index (χ1n) is 6.89. The molecule has 1 aliphatic rings. The van der Waals surface area contributed by atoms with Crippen molar-refractivity contribution in [2.24, 2.45) is 5.92 Å².